The Labute approximate surface area is 100 Å². The van der Waals surface area contributed by atoms with Crippen LogP contribution in [-0.2, 0) is 4.79 Å². The van der Waals surface area contributed by atoms with E-state index in [1.165, 1.54) is 12.8 Å². The normalized spacial score (nSPS) is 23.8. The molecule has 0 bridgehead atoms. The number of carbonyl (C=O) groups is 1. The van der Waals surface area contributed by atoms with Crippen LogP contribution in [0.15, 0.2) is 0 Å². The molecule has 0 aromatic rings. The molecule has 1 aliphatic rings. The minimum Gasteiger partial charge on any atom is -0.303 e. The van der Waals surface area contributed by atoms with Crippen LogP contribution in [0, 0.1) is 11.8 Å². The Morgan fingerprint density at radius 3 is 2.69 bits per heavy atom. The zero-order valence-corrected chi connectivity index (χ0v) is 11.2. The summed E-state index contributed by atoms with van der Waals surface area (Å²) in [5.74, 6) is 1.59. The van der Waals surface area contributed by atoms with E-state index in [-0.39, 0.29) is 0 Å². The molecule has 0 aromatic heterocycles. The van der Waals surface area contributed by atoms with Gasteiger partial charge in [-0.3, -0.25) is 4.79 Å². The highest BCUT2D eigenvalue weighted by molar-refractivity contribution is 5.81. The predicted octanol–water partition coefficient (Wildman–Crippen LogP) is 3.11. The first kappa shape index (κ1) is 13.7. The molecule has 0 aliphatic heterocycles. The first-order valence-electron chi connectivity index (χ1n) is 6.92. The van der Waals surface area contributed by atoms with Gasteiger partial charge >= 0.3 is 0 Å². The van der Waals surface area contributed by atoms with Crippen LogP contribution in [0.2, 0.25) is 0 Å². The van der Waals surface area contributed by atoms with Gasteiger partial charge in [-0.2, -0.15) is 0 Å². The number of nitrogens with zero attached hydrogens (tertiary/aromatic N) is 1. The lowest BCUT2D eigenvalue weighted by molar-refractivity contribution is -0.125. The first-order chi connectivity index (χ1) is 7.67. The molecule has 2 nitrogen and oxygen atoms in total. The molecule has 1 fully saturated rings. The van der Waals surface area contributed by atoms with E-state index in [0.29, 0.717) is 11.7 Å². The number of rotatable bonds is 6. The fourth-order valence-corrected chi connectivity index (χ4v) is 2.46. The number of ketones is 1. The van der Waals surface area contributed by atoms with Gasteiger partial charge in [-0.1, -0.05) is 33.6 Å². The molecule has 1 rings (SSSR count). The maximum atomic E-state index is 11.8. The van der Waals surface area contributed by atoms with Gasteiger partial charge in [0.05, 0.1) is 0 Å². The maximum absolute atomic E-state index is 11.8. The summed E-state index contributed by atoms with van der Waals surface area (Å²) in [4.78, 5) is 14.2. The van der Waals surface area contributed by atoms with E-state index in [1.54, 1.807) is 0 Å². The van der Waals surface area contributed by atoms with E-state index in [1.807, 2.05) is 0 Å². The largest absolute Gasteiger partial charge is 0.303 e. The Balaban J connectivity index is 2.39. The van der Waals surface area contributed by atoms with Gasteiger partial charge in [0.2, 0.25) is 0 Å². The number of hydrogen-bond donors (Lipinski definition) is 0. The van der Waals surface area contributed by atoms with Crippen molar-refractivity contribution in [1.82, 2.24) is 4.90 Å². The van der Waals surface area contributed by atoms with Crippen molar-refractivity contribution in [3.63, 3.8) is 0 Å². The second kappa shape index (κ2) is 7.05. The predicted molar refractivity (Wildman–Crippen MR) is 68.5 cm³/mol. The Bertz CT molecular complexity index is 215. The lowest BCUT2D eigenvalue weighted by Crippen LogP contribution is -2.37. The van der Waals surface area contributed by atoms with Crippen molar-refractivity contribution in [2.24, 2.45) is 11.8 Å². The summed E-state index contributed by atoms with van der Waals surface area (Å²) in [6.45, 7) is 9.97. The lowest BCUT2D eigenvalue weighted by atomic mass is 9.87. The van der Waals surface area contributed by atoms with Crippen LogP contribution in [0.3, 0.4) is 0 Å². The summed E-state index contributed by atoms with van der Waals surface area (Å²) < 4.78 is 0. The summed E-state index contributed by atoms with van der Waals surface area (Å²) in [6, 6.07) is 0. The molecule has 0 N–H and O–H groups in total. The minimum atomic E-state index is 0.331. The fourth-order valence-electron chi connectivity index (χ4n) is 2.46. The smallest absolute Gasteiger partial charge is 0.137 e. The van der Waals surface area contributed by atoms with E-state index < -0.39 is 0 Å². The summed E-state index contributed by atoms with van der Waals surface area (Å²) >= 11 is 0. The van der Waals surface area contributed by atoms with Gasteiger partial charge in [0.15, 0.2) is 0 Å². The standard InChI is InChI=1S/C14H27NO/c1-4-12(3)10-15(5-2)11-13-8-6-7-9-14(13)16/h12-13H,4-11H2,1-3H3. The average molecular weight is 225 g/mol. The number of carbonyl (C=O) groups excluding carboxylic acids is 1. The van der Waals surface area contributed by atoms with E-state index in [9.17, 15) is 4.79 Å². The van der Waals surface area contributed by atoms with Crippen molar-refractivity contribution in [3.8, 4) is 0 Å². The summed E-state index contributed by atoms with van der Waals surface area (Å²) in [7, 11) is 0. The van der Waals surface area contributed by atoms with Gasteiger partial charge in [0.1, 0.15) is 5.78 Å². The van der Waals surface area contributed by atoms with Crippen LogP contribution in [0.4, 0.5) is 0 Å². The van der Waals surface area contributed by atoms with Crippen molar-refractivity contribution >= 4 is 5.78 Å². The molecule has 0 saturated heterocycles. The van der Waals surface area contributed by atoms with Crippen LogP contribution in [0.25, 0.3) is 0 Å². The molecule has 0 radical (unpaired) electrons. The molecule has 0 amide bonds. The Kier molecular flexibility index (Phi) is 6.04. The van der Waals surface area contributed by atoms with Crippen LogP contribution in [-0.4, -0.2) is 30.3 Å². The second-order valence-corrected chi connectivity index (χ2v) is 5.27. The summed E-state index contributed by atoms with van der Waals surface area (Å²) in [5.41, 5.74) is 0. The van der Waals surface area contributed by atoms with E-state index in [0.717, 1.165) is 44.8 Å². The SMILES string of the molecule is CCC(C)CN(CC)CC1CCCCC1=O. The molecule has 0 spiro atoms. The van der Waals surface area contributed by atoms with Crippen LogP contribution < -0.4 is 0 Å². The Hall–Kier alpha value is -0.370. The zero-order valence-electron chi connectivity index (χ0n) is 11.2. The number of Topliss-reactive ketones (excluding diaryl/α,β-unsaturated/α-hetero) is 1. The summed E-state index contributed by atoms with van der Waals surface area (Å²) in [5, 5.41) is 0. The van der Waals surface area contributed by atoms with E-state index in [2.05, 4.69) is 25.7 Å². The third kappa shape index (κ3) is 4.25. The molecule has 1 saturated carbocycles. The molecule has 2 atom stereocenters. The third-order valence-corrected chi connectivity index (χ3v) is 3.87. The Morgan fingerprint density at radius 1 is 1.38 bits per heavy atom. The number of hydrogen-bond acceptors (Lipinski definition) is 2. The van der Waals surface area contributed by atoms with Crippen molar-refractivity contribution in [1.29, 1.82) is 0 Å². The molecule has 94 valence electrons. The van der Waals surface area contributed by atoms with Crippen molar-refractivity contribution < 1.29 is 4.79 Å². The van der Waals surface area contributed by atoms with Crippen LogP contribution in [0.5, 0.6) is 0 Å². The van der Waals surface area contributed by atoms with Crippen molar-refractivity contribution in [2.45, 2.75) is 52.9 Å². The average Bonchev–Trinajstić information content (AvgIpc) is 2.30. The highest BCUT2D eigenvalue weighted by Crippen LogP contribution is 2.22. The molecule has 1 aliphatic carbocycles. The topological polar surface area (TPSA) is 20.3 Å². The first-order valence-corrected chi connectivity index (χ1v) is 6.92. The molecular weight excluding hydrogens is 198 g/mol. The third-order valence-electron chi connectivity index (χ3n) is 3.87. The van der Waals surface area contributed by atoms with Gasteiger partial charge in [0.25, 0.3) is 0 Å². The minimum absolute atomic E-state index is 0.331. The van der Waals surface area contributed by atoms with Gasteiger partial charge in [0, 0.05) is 25.4 Å². The second-order valence-electron chi connectivity index (χ2n) is 5.27. The van der Waals surface area contributed by atoms with Crippen molar-refractivity contribution in [2.75, 3.05) is 19.6 Å². The molecule has 2 heteroatoms. The molecule has 16 heavy (non-hydrogen) atoms. The van der Waals surface area contributed by atoms with Crippen LogP contribution >= 0.6 is 0 Å². The maximum Gasteiger partial charge on any atom is 0.137 e. The molecule has 0 heterocycles. The molecular formula is C14H27NO. The molecule has 0 aromatic carbocycles. The monoisotopic (exact) mass is 225 g/mol. The van der Waals surface area contributed by atoms with Gasteiger partial charge in [-0.05, 0) is 25.3 Å². The quantitative estimate of drug-likeness (QED) is 0.692. The highest BCUT2D eigenvalue weighted by atomic mass is 16.1. The van der Waals surface area contributed by atoms with Crippen molar-refractivity contribution in [3.05, 3.63) is 0 Å². The molecule has 2 unspecified atom stereocenters. The zero-order chi connectivity index (χ0) is 12.0. The van der Waals surface area contributed by atoms with Gasteiger partial charge in [-0.15, -0.1) is 0 Å². The summed E-state index contributed by atoms with van der Waals surface area (Å²) in [6.07, 6.45) is 5.54. The van der Waals surface area contributed by atoms with Crippen LogP contribution in [0.1, 0.15) is 52.9 Å². The highest BCUT2D eigenvalue weighted by Gasteiger charge is 2.24. The Morgan fingerprint density at radius 2 is 2.12 bits per heavy atom. The van der Waals surface area contributed by atoms with E-state index >= 15 is 0 Å². The van der Waals surface area contributed by atoms with E-state index in [4.69, 9.17) is 0 Å². The van der Waals surface area contributed by atoms with Gasteiger partial charge < -0.3 is 4.90 Å². The van der Waals surface area contributed by atoms with Gasteiger partial charge in [-0.25, -0.2) is 0 Å². The lowest BCUT2D eigenvalue weighted by Gasteiger charge is -2.29. The fraction of sp³-hybridized carbons (Fsp3) is 0.929.